The Morgan fingerprint density at radius 1 is 1.33 bits per heavy atom. The molecule has 0 spiro atoms. The van der Waals surface area contributed by atoms with E-state index >= 15 is 0 Å². The summed E-state index contributed by atoms with van der Waals surface area (Å²) in [5.74, 6) is -0.774. The normalized spacial score (nSPS) is 30.9. The lowest BCUT2D eigenvalue weighted by Gasteiger charge is -2.53. The van der Waals surface area contributed by atoms with Crippen LogP contribution in [-0.4, -0.2) is 25.1 Å². The maximum atomic E-state index is 12.6. The highest BCUT2D eigenvalue weighted by Gasteiger charge is 2.58. The molecule has 0 aromatic heterocycles. The van der Waals surface area contributed by atoms with Crippen molar-refractivity contribution in [3.63, 3.8) is 0 Å². The summed E-state index contributed by atoms with van der Waals surface area (Å²) < 4.78 is 5.05. The molecule has 4 unspecified atom stereocenters. The van der Waals surface area contributed by atoms with Crippen LogP contribution in [0.25, 0.3) is 0 Å². The average molecular weight is 411 g/mol. The van der Waals surface area contributed by atoms with E-state index in [1.54, 1.807) is 6.92 Å². The summed E-state index contributed by atoms with van der Waals surface area (Å²) in [6.07, 6.45) is 2.75. The van der Waals surface area contributed by atoms with Crippen molar-refractivity contribution in [3.05, 3.63) is 32.8 Å². The summed E-state index contributed by atoms with van der Waals surface area (Å²) in [5.41, 5.74) is 1.06. The van der Waals surface area contributed by atoms with Gasteiger partial charge in [-0.1, -0.05) is 37.0 Å². The largest absolute Gasteiger partial charge is 0.469 e. The van der Waals surface area contributed by atoms with E-state index in [0.29, 0.717) is 28.5 Å². The summed E-state index contributed by atoms with van der Waals surface area (Å²) in [5, 5.41) is 0.938. The van der Waals surface area contributed by atoms with Gasteiger partial charge in [-0.2, -0.15) is 0 Å². The molecule has 4 atom stereocenters. The zero-order valence-corrected chi connectivity index (χ0v) is 17.5. The molecule has 0 amide bonds. The maximum absolute atomic E-state index is 12.6. The van der Waals surface area contributed by atoms with Crippen molar-refractivity contribution >= 4 is 41.2 Å². The first kappa shape index (κ1) is 20.3. The van der Waals surface area contributed by atoms with Gasteiger partial charge in [0.15, 0.2) is 0 Å². The number of aldehydes is 1. The molecule has 0 saturated heterocycles. The SMILES string of the molecule is COC(=O)C1(C)CC(=O)CC2(C)c3cc(Cl)c(C(C)C=O)c(Cl)c3CCC12. The van der Waals surface area contributed by atoms with Crippen molar-refractivity contribution in [2.24, 2.45) is 11.3 Å². The number of Topliss-reactive ketones (excluding diaryl/α,β-unsaturated/α-hetero) is 1. The molecule has 1 aromatic carbocycles. The molecule has 0 radical (unpaired) electrons. The van der Waals surface area contributed by atoms with Crippen LogP contribution in [0.2, 0.25) is 10.0 Å². The van der Waals surface area contributed by atoms with E-state index in [0.717, 1.165) is 23.8 Å². The van der Waals surface area contributed by atoms with Crippen LogP contribution in [0.1, 0.15) is 62.6 Å². The number of rotatable bonds is 3. The zero-order chi connectivity index (χ0) is 20.1. The molecule has 1 saturated carbocycles. The van der Waals surface area contributed by atoms with Crippen molar-refractivity contribution in [1.82, 2.24) is 0 Å². The van der Waals surface area contributed by atoms with Crippen molar-refractivity contribution in [3.8, 4) is 0 Å². The molecule has 0 heterocycles. The van der Waals surface area contributed by atoms with Gasteiger partial charge < -0.3 is 9.53 Å². The molecule has 3 rings (SSSR count). The highest BCUT2D eigenvalue weighted by Crippen LogP contribution is 2.58. The Bertz CT molecular complexity index is 834. The van der Waals surface area contributed by atoms with E-state index < -0.39 is 16.7 Å². The lowest BCUT2D eigenvalue weighted by molar-refractivity contribution is -0.164. The summed E-state index contributed by atoms with van der Waals surface area (Å²) >= 11 is 13.2. The van der Waals surface area contributed by atoms with Gasteiger partial charge in [0.05, 0.1) is 12.5 Å². The minimum Gasteiger partial charge on any atom is -0.469 e. The van der Waals surface area contributed by atoms with Gasteiger partial charge >= 0.3 is 5.97 Å². The van der Waals surface area contributed by atoms with Gasteiger partial charge in [-0.25, -0.2) is 0 Å². The Hall–Kier alpha value is -1.39. The molecule has 0 aliphatic heterocycles. The van der Waals surface area contributed by atoms with E-state index in [4.69, 9.17) is 27.9 Å². The molecule has 2 aliphatic rings. The quantitative estimate of drug-likeness (QED) is 0.536. The Morgan fingerprint density at radius 3 is 2.59 bits per heavy atom. The van der Waals surface area contributed by atoms with Crippen LogP contribution < -0.4 is 0 Å². The molecule has 27 heavy (non-hydrogen) atoms. The Kier molecular flexibility index (Phi) is 5.19. The Morgan fingerprint density at radius 2 is 2.00 bits per heavy atom. The number of halogens is 2. The second-order valence-electron chi connectivity index (χ2n) is 8.35. The van der Waals surface area contributed by atoms with Crippen LogP contribution in [0, 0.1) is 11.3 Å². The number of hydrogen-bond donors (Lipinski definition) is 0. The Labute approximate surface area is 169 Å². The van der Waals surface area contributed by atoms with Crippen molar-refractivity contribution in [2.45, 2.75) is 57.8 Å². The van der Waals surface area contributed by atoms with Crippen LogP contribution >= 0.6 is 23.2 Å². The van der Waals surface area contributed by atoms with Gasteiger partial charge in [-0.3, -0.25) is 9.59 Å². The highest BCUT2D eigenvalue weighted by molar-refractivity contribution is 6.37. The summed E-state index contributed by atoms with van der Waals surface area (Å²) in [7, 11) is 1.36. The smallest absolute Gasteiger partial charge is 0.312 e. The van der Waals surface area contributed by atoms with E-state index in [9.17, 15) is 14.4 Å². The predicted molar refractivity (Wildman–Crippen MR) is 104 cm³/mol. The molecule has 6 heteroatoms. The van der Waals surface area contributed by atoms with Crippen LogP contribution in [0.15, 0.2) is 6.07 Å². The van der Waals surface area contributed by atoms with Crippen molar-refractivity contribution in [2.75, 3.05) is 7.11 Å². The summed E-state index contributed by atoms with van der Waals surface area (Å²) in [6.45, 7) is 5.61. The number of benzene rings is 1. The first-order valence-corrected chi connectivity index (χ1v) is 9.92. The van der Waals surface area contributed by atoms with Gasteiger partial charge in [0.1, 0.15) is 12.1 Å². The number of hydrogen-bond acceptors (Lipinski definition) is 4. The van der Waals surface area contributed by atoms with E-state index in [1.165, 1.54) is 7.11 Å². The van der Waals surface area contributed by atoms with Gasteiger partial charge in [-0.15, -0.1) is 0 Å². The molecular formula is C21H24Cl2O4. The van der Waals surface area contributed by atoms with Crippen LogP contribution in [0.4, 0.5) is 0 Å². The number of methoxy groups -OCH3 is 1. The Balaban J connectivity index is 2.21. The lowest BCUT2D eigenvalue weighted by Crippen LogP contribution is -2.55. The molecular weight excluding hydrogens is 387 g/mol. The van der Waals surface area contributed by atoms with Crippen LogP contribution in [-0.2, 0) is 31.0 Å². The average Bonchev–Trinajstić information content (AvgIpc) is 2.60. The third-order valence-corrected chi connectivity index (χ3v) is 7.38. The lowest BCUT2D eigenvalue weighted by atomic mass is 9.49. The van der Waals surface area contributed by atoms with Gasteiger partial charge in [0, 0.05) is 34.2 Å². The monoisotopic (exact) mass is 410 g/mol. The minimum atomic E-state index is -0.871. The first-order chi connectivity index (χ1) is 12.6. The molecule has 1 fully saturated rings. The summed E-state index contributed by atoms with van der Waals surface area (Å²) in [4.78, 5) is 36.5. The number of carbonyl (C=O) groups excluding carboxylic acids is 3. The number of carbonyl (C=O) groups is 3. The topological polar surface area (TPSA) is 60.4 Å². The van der Waals surface area contributed by atoms with E-state index in [1.807, 2.05) is 19.9 Å². The van der Waals surface area contributed by atoms with Crippen LogP contribution in [0.3, 0.4) is 0 Å². The molecule has 146 valence electrons. The molecule has 1 aromatic rings. The van der Waals surface area contributed by atoms with Gasteiger partial charge in [0.25, 0.3) is 0 Å². The number of fused-ring (bicyclic) bond motifs is 3. The van der Waals surface area contributed by atoms with Crippen molar-refractivity contribution < 1.29 is 19.1 Å². The minimum absolute atomic E-state index is 0.0343. The maximum Gasteiger partial charge on any atom is 0.312 e. The second kappa shape index (κ2) is 6.89. The van der Waals surface area contributed by atoms with Crippen molar-refractivity contribution in [1.29, 1.82) is 0 Å². The molecule has 0 bridgehead atoms. The predicted octanol–water partition coefficient (Wildman–Crippen LogP) is 4.66. The fourth-order valence-corrected chi connectivity index (χ4v) is 6.30. The fraction of sp³-hybridized carbons (Fsp3) is 0.571. The molecule has 4 nitrogen and oxygen atoms in total. The van der Waals surface area contributed by atoms with E-state index in [2.05, 4.69) is 0 Å². The second-order valence-corrected chi connectivity index (χ2v) is 9.13. The van der Waals surface area contributed by atoms with Crippen LogP contribution in [0.5, 0.6) is 0 Å². The number of ether oxygens (including phenoxy) is 1. The highest BCUT2D eigenvalue weighted by atomic mass is 35.5. The molecule has 0 N–H and O–H groups in total. The number of esters is 1. The number of ketones is 1. The third kappa shape index (κ3) is 2.92. The standard InChI is InChI=1S/C21H24Cl2O4/c1-11(10-24)17-15(22)7-14-13(18(17)23)5-6-16-20(14,2)8-12(25)9-21(16,3)19(26)27-4/h7,10-11,16H,5-6,8-9H2,1-4H3. The van der Waals surface area contributed by atoms with Gasteiger partial charge in [0.2, 0.25) is 0 Å². The van der Waals surface area contributed by atoms with E-state index in [-0.39, 0.29) is 24.1 Å². The summed E-state index contributed by atoms with van der Waals surface area (Å²) in [6, 6.07) is 1.85. The molecule has 2 aliphatic carbocycles. The zero-order valence-electron chi connectivity index (χ0n) is 16.0. The third-order valence-electron chi connectivity index (χ3n) is 6.63. The van der Waals surface area contributed by atoms with Gasteiger partial charge in [-0.05, 0) is 48.4 Å². The first-order valence-electron chi connectivity index (χ1n) is 9.16. The fourth-order valence-electron chi connectivity index (χ4n) is 5.40.